The third-order valence-electron chi connectivity index (χ3n) is 6.14. The van der Waals surface area contributed by atoms with E-state index in [1.807, 2.05) is 91.8 Å². The molecule has 0 saturated carbocycles. The summed E-state index contributed by atoms with van der Waals surface area (Å²) in [4.78, 5) is 33.6. The molecule has 0 fully saturated rings. The highest BCUT2D eigenvalue weighted by atomic mass is 32.1. The largest absolute Gasteiger partial charge is 0.375 e. The van der Waals surface area contributed by atoms with Gasteiger partial charge >= 0.3 is 0 Å². The first-order chi connectivity index (χ1) is 17.4. The van der Waals surface area contributed by atoms with Gasteiger partial charge in [-0.3, -0.25) is 14.5 Å². The molecule has 0 spiro atoms. The Balaban J connectivity index is 1.56. The number of hydrogen-bond acceptors (Lipinski definition) is 6. The number of likely N-dealkylation sites (N-methyl/N-ethyl adjacent to an activating group) is 1. The number of nitrogen functional groups attached to an aromatic ring is 1. The van der Waals surface area contributed by atoms with Crippen LogP contribution < -0.4 is 16.4 Å². The van der Waals surface area contributed by atoms with Gasteiger partial charge in [-0.1, -0.05) is 72.8 Å². The smallest absolute Gasteiger partial charge is 0.243 e. The van der Waals surface area contributed by atoms with Crippen molar-refractivity contribution in [2.45, 2.75) is 31.5 Å². The molecule has 0 aliphatic heterocycles. The van der Waals surface area contributed by atoms with Gasteiger partial charge in [0.15, 0.2) is 5.13 Å². The molecule has 0 bridgehead atoms. The Hall–Kier alpha value is -3.75. The number of nitrogens with two attached hydrogens (primary N) is 1. The van der Waals surface area contributed by atoms with Gasteiger partial charge in [-0.15, -0.1) is 11.3 Å². The van der Waals surface area contributed by atoms with Crippen molar-refractivity contribution in [1.29, 1.82) is 0 Å². The molecule has 36 heavy (non-hydrogen) atoms. The second kappa shape index (κ2) is 11.8. The predicted molar refractivity (Wildman–Crippen MR) is 146 cm³/mol. The van der Waals surface area contributed by atoms with Crippen LogP contribution in [0.1, 0.15) is 16.0 Å². The third kappa shape index (κ3) is 6.47. The van der Waals surface area contributed by atoms with E-state index in [1.54, 1.807) is 6.20 Å². The van der Waals surface area contributed by atoms with Gasteiger partial charge in [0.25, 0.3) is 0 Å². The molecule has 1 aromatic heterocycles. The third-order valence-corrected chi connectivity index (χ3v) is 6.97. The summed E-state index contributed by atoms with van der Waals surface area (Å²) < 4.78 is 0. The van der Waals surface area contributed by atoms with E-state index in [2.05, 4.69) is 15.6 Å². The Kier molecular flexibility index (Phi) is 8.30. The molecule has 0 aliphatic carbocycles. The molecular weight excluding hydrogens is 470 g/mol. The molecule has 0 saturated heterocycles. The number of nitrogens with zero attached hydrogens (tertiary/aromatic N) is 2. The van der Waals surface area contributed by atoms with Gasteiger partial charge in [-0.05, 0) is 42.4 Å². The molecule has 8 heteroatoms. The zero-order chi connectivity index (χ0) is 25.5. The quantitative estimate of drug-likeness (QED) is 0.309. The molecule has 2 amide bonds. The first kappa shape index (κ1) is 25.3. The van der Waals surface area contributed by atoms with E-state index in [0.717, 1.165) is 26.8 Å². The van der Waals surface area contributed by atoms with Gasteiger partial charge in [-0.2, -0.15) is 0 Å². The van der Waals surface area contributed by atoms with E-state index in [9.17, 15) is 9.59 Å². The number of carbonyl (C=O) groups is 2. The van der Waals surface area contributed by atoms with Crippen LogP contribution in [-0.4, -0.2) is 47.9 Å². The maximum absolute atomic E-state index is 13.5. The minimum absolute atomic E-state index is 0.189. The van der Waals surface area contributed by atoms with E-state index in [-0.39, 0.29) is 11.8 Å². The molecule has 186 valence electrons. The van der Waals surface area contributed by atoms with Crippen molar-refractivity contribution in [2.24, 2.45) is 0 Å². The Morgan fingerprint density at radius 3 is 2.39 bits per heavy atom. The highest BCUT2D eigenvalue weighted by Gasteiger charge is 2.28. The number of rotatable bonds is 10. The number of benzene rings is 3. The van der Waals surface area contributed by atoms with E-state index < -0.39 is 12.1 Å². The van der Waals surface area contributed by atoms with Crippen molar-refractivity contribution in [3.05, 3.63) is 95.0 Å². The summed E-state index contributed by atoms with van der Waals surface area (Å²) in [6, 6.07) is 22.8. The Bertz CT molecular complexity index is 1320. The van der Waals surface area contributed by atoms with Crippen LogP contribution >= 0.6 is 11.3 Å². The van der Waals surface area contributed by atoms with E-state index in [1.165, 1.54) is 11.3 Å². The molecule has 4 N–H and O–H groups in total. The lowest BCUT2D eigenvalue weighted by molar-refractivity contribution is -0.131. The van der Waals surface area contributed by atoms with Crippen LogP contribution in [0.4, 0.5) is 5.13 Å². The second-order valence-corrected chi connectivity index (χ2v) is 10.1. The van der Waals surface area contributed by atoms with Gasteiger partial charge in [0.2, 0.25) is 11.8 Å². The summed E-state index contributed by atoms with van der Waals surface area (Å²) >= 11 is 1.33. The van der Waals surface area contributed by atoms with Crippen molar-refractivity contribution in [2.75, 3.05) is 19.8 Å². The summed E-state index contributed by atoms with van der Waals surface area (Å²) in [5, 5.41) is 8.61. The number of anilines is 1. The molecule has 4 aromatic rings. The van der Waals surface area contributed by atoms with Gasteiger partial charge < -0.3 is 16.4 Å². The fraction of sp³-hybridized carbons (Fsp3) is 0.250. The fourth-order valence-corrected chi connectivity index (χ4v) is 4.84. The number of fused-ring (bicyclic) bond motifs is 1. The summed E-state index contributed by atoms with van der Waals surface area (Å²) in [6.45, 7) is 0.302. The molecule has 7 nitrogen and oxygen atoms in total. The zero-order valence-corrected chi connectivity index (χ0v) is 21.3. The first-order valence-electron chi connectivity index (χ1n) is 11.9. The highest BCUT2D eigenvalue weighted by molar-refractivity contribution is 7.15. The Morgan fingerprint density at radius 1 is 0.944 bits per heavy atom. The Labute approximate surface area is 215 Å². The van der Waals surface area contributed by atoms with Crippen molar-refractivity contribution in [3.63, 3.8) is 0 Å². The number of thiazole rings is 1. The molecule has 3 aromatic carbocycles. The van der Waals surface area contributed by atoms with E-state index in [0.29, 0.717) is 24.5 Å². The van der Waals surface area contributed by atoms with Crippen LogP contribution in [0.5, 0.6) is 0 Å². The van der Waals surface area contributed by atoms with Crippen molar-refractivity contribution < 1.29 is 9.59 Å². The highest BCUT2D eigenvalue weighted by Crippen LogP contribution is 2.20. The minimum atomic E-state index is -0.744. The van der Waals surface area contributed by atoms with Crippen LogP contribution in [-0.2, 0) is 29.0 Å². The fourth-order valence-electron chi connectivity index (χ4n) is 4.22. The number of nitrogens with one attached hydrogen (secondary N) is 2. The maximum Gasteiger partial charge on any atom is 0.243 e. The lowest BCUT2D eigenvalue weighted by Crippen LogP contribution is -2.53. The predicted octanol–water partition coefficient (Wildman–Crippen LogP) is 3.40. The normalized spacial score (nSPS) is 12.9. The van der Waals surface area contributed by atoms with Gasteiger partial charge in [-0.25, -0.2) is 4.98 Å². The second-order valence-electron chi connectivity index (χ2n) is 8.96. The lowest BCUT2D eigenvalue weighted by atomic mass is 9.97. The standard InChI is InChI=1S/C28H31N5O2S/c1-33(2)25(15-19-9-4-3-5-10-19)27(35)32-24(26(34)30-17-22-18-31-28(29)36-22)16-21-13-8-12-20-11-6-7-14-23(20)21/h3-14,18,24-25H,15-17H2,1-2H3,(H2,29,31)(H,30,34)(H,32,35)/t24-,25?/m0/s1. The molecule has 0 aliphatic rings. The van der Waals surface area contributed by atoms with Crippen LogP contribution in [0.2, 0.25) is 0 Å². The first-order valence-corrected chi connectivity index (χ1v) is 12.7. The minimum Gasteiger partial charge on any atom is -0.375 e. The summed E-state index contributed by atoms with van der Waals surface area (Å²) in [5.41, 5.74) is 7.78. The van der Waals surface area contributed by atoms with E-state index in [4.69, 9.17) is 5.73 Å². The molecule has 2 atom stereocenters. The topological polar surface area (TPSA) is 100 Å². The van der Waals surface area contributed by atoms with Crippen molar-refractivity contribution in [3.8, 4) is 0 Å². The lowest BCUT2D eigenvalue weighted by Gasteiger charge is -2.27. The molecule has 0 radical (unpaired) electrons. The van der Waals surface area contributed by atoms with Crippen LogP contribution in [0.15, 0.2) is 79.0 Å². The Morgan fingerprint density at radius 2 is 1.67 bits per heavy atom. The van der Waals surface area contributed by atoms with Gasteiger partial charge in [0.1, 0.15) is 6.04 Å². The van der Waals surface area contributed by atoms with Gasteiger partial charge in [0, 0.05) is 17.5 Å². The summed E-state index contributed by atoms with van der Waals surface area (Å²) in [5.74, 6) is -0.438. The van der Waals surface area contributed by atoms with E-state index >= 15 is 0 Å². The summed E-state index contributed by atoms with van der Waals surface area (Å²) in [6.07, 6.45) is 2.57. The molecule has 1 unspecified atom stereocenters. The van der Waals surface area contributed by atoms with Crippen LogP contribution in [0.25, 0.3) is 10.8 Å². The molecular formula is C28H31N5O2S. The average Bonchev–Trinajstić information content (AvgIpc) is 3.31. The van der Waals surface area contributed by atoms with Crippen LogP contribution in [0.3, 0.4) is 0 Å². The molecule has 4 rings (SSSR count). The number of aromatic nitrogens is 1. The van der Waals surface area contributed by atoms with Crippen molar-refractivity contribution in [1.82, 2.24) is 20.5 Å². The SMILES string of the molecule is CN(C)C(Cc1ccccc1)C(=O)N[C@@H](Cc1cccc2ccccc12)C(=O)NCc1cnc(N)s1. The average molecular weight is 502 g/mol. The number of carbonyl (C=O) groups excluding carboxylic acids is 2. The zero-order valence-electron chi connectivity index (χ0n) is 20.5. The summed E-state index contributed by atoms with van der Waals surface area (Å²) in [7, 11) is 3.75. The molecule has 1 heterocycles. The monoisotopic (exact) mass is 501 g/mol. The number of amides is 2. The number of hydrogen-bond donors (Lipinski definition) is 3. The van der Waals surface area contributed by atoms with Crippen molar-refractivity contribution >= 4 is 39.1 Å². The van der Waals surface area contributed by atoms with Gasteiger partial charge in [0.05, 0.1) is 12.6 Å². The maximum atomic E-state index is 13.5. The van der Waals surface area contributed by atoms with Crippen LogP contribution in [0, 0.1) is 0 Å².